The number of halogens is 3. The molecule has 0 fully saturated rings. The number of rotatable bonds is 9. The van der Waals surface area contributed by atoms with E-state index < -0.39 is 20.9 Å². The predicted octanol–water partition coefficient (Wildman–Crippen LogP) is 5.29. The van der Waals surface area contributed by atoms with E-state index in [9.17, 15) is 21.6 Å². The maximum atomic E-state index is 12.1. The minimum absolute atomic E-state index is 0.212. The van der Waals surface area contributed by atoms with Crippen LogP contribution in [0.3, 0.4) is 0 Å². The molecule has 7 heteroatoms. The van der Waals surface area contributed by atoms with E-state index in [1.807, 2.05) is 0 Å². The molecule has 0 spiro atoms. The van der Waals surface area contributed by atoms with Gasteiger partial charge in [0.25, 0.3) is 0 Å². The average molecular weight is 380 g/mol. The van der Waals surface area contributed by atoms with Crippen LogP contribution in [0.1, 0.15) is 58.4 Å². The van der Waals surface area contributed by atoms with Gasteiger partial charge in [0.15, 0.2) is 9.84 Å². The summed E-state index contributed by atoms with van der Waals surface area (Å²) in [6.45, 7) is 5.15. The van der Waals surface area contributed by atoms with Gasteiger partial charge in [-0.15, -0.1) is 13.2 Å². The Hall–Kier alpha value is -1.24. The van der Waals surface area contributed by atoms with Crippen molar-refractivity contribution in [3.8, 4) is 5.75 Å². The van der Waals surface area contributed by atoms with E-state index in [-0.39, 0.29) is 11.5 Å². The molecule has 25 heavy (non-hydrogen) atoms. The van der Waals surface area contributed by atoms with Crippen LogP contribution in [0.5, 0.6) is 5.75 Å². The zero-order valence-corrected chi connectivity index (χ0v) is 15.8. The Labute approximate surface area is 148 Å². The van der Waals surface area contributed by atoms with Gasteiger partial charge in [0.2, 0.25) is 0 Å². The van der Waals surface area contributed by atoms with Crippen LogP contribution in [-0.4, -0.2) is 25.3 Å². The van der Waals surface area contributed by atoms with Crippen LogP contribution in [-0.2, 0) is 16.3 Å². The summed E-state index contributed by atoms with van der Waals surface area (Å²) >= 11 is 0. The molecule has 0 aliphatic carbocycles. The first-order valence-corrected chi connectivity index (χ1v) is 10.1. The molecule has 0 aromatic heterocycles. The fourth-order valence-corrected chi connectivity index (χ4v) is 3.51. The molecule has 0 saturated carbocycles. The number of benzene rings is 1. The Morgan fingerprint density at radius 2 is 1.40 bits per heavy atom. The molecular formula is C18H27F3O3S. The number of unbranched alkanes of at least 4 members (excludes halogenated alkanes) is 4. The quantitative estimate of drug-likeness (QED) is 0.547. The molecule has 0 unspecified atom stereocenters. The molecule has 1 aromatic carbocycles. The van der Waals surface area contributed by atoms with E-state index in [4.69, 9.17) is 0 Å². The first kappa shape index (κ1) is 21.8. The molecule has 144 valence electrons. The molecule has 1 rings (SSSR count). The first-order chi connectivity index (χ1) is 11.4. The molecule has 1 aromatic rings. The second-order valence-corrected chi connectivity index (χ2v) is 10.0. The van der Waals surface area contributed by atoms with Crippen LogP contribution < -0.4 is 4.74 Å². The summed E-state index contributed by atoms with van der Waals surface area (Å²) in [6.07, 6.45) is 0.502. The van der Waals surface area contributed by atoms with Crippen molar-refractivity contribution < 1.29 is 26.3 Å². The summed E-state index contributed by atoms with van der Waals surface area (Å²) < 4.78 is 63.3. The lowest BCUT2D eigenvalue weighted by Crippen LogP contribution is -2.30. The van der Waals surface area contributed by atoms with Crippen LogP contribution in [0.4, 0.5) is 13.2 Å². The van der Waals surface area contributed by atoms with Crippen molar-refractivity contribution in [1.82, 2.24) is 0 Å². The average Bonchev–Trinajstić information content (AvgIpc) is 2.45. The van der Waals surface area contributed by atoms with Gasteiger partial charge >= 0.3 is 6.36 Å². The van der Waals surface area contributed by atoms with Crippen LogP contribution >= 0.6 is 0 Å². The Morgan fingerprint density at radius 3 is 1.92 bits per heavy atom. The molecule has 0 amide bonds. The fraction of sp³-hybridized carbons (Fsp3) is 0.667. The summed E-state index contributed by atoms with van der Waals surface area (Å²) in [5, 5.41) is 0. The van der Waals surface area contributed by atoms with Crippen LogP contribution in [0.2, 0.25) is 0 Å². The lowest BCUT2D eigenvalue weighted by Gasteiger charge is -2.18. The maximum absolute atomic E-state index is 12.1. The number of sulfone groups is 1. The number of hydrogen-bond acceptors (Lipinski definition) is 3. The third kappa shape index (κ3) is 8.61. The molecule has 0 aliphatic heterocycles. The van der Waals surface area contributed by atoms with Gasteiger partial charge in [0.05, 0.1) is 10.5 Å². The standard InChI is InChI=1S/C18H27F3O3S/c1-17(2,3)25(22,23)14-8-6-4-5-7-9-15-10-12-16(13-11-15)24-18(19,20)21/h10-13H,4-9,14H2,1-3H3. The fourth-order valence-electron chi connectivity index (χ4n) is 2.32. The maximum Gasteiger partial charge on any atom is 0.573 e. The molecule has 0 bridgehead atoms. The lowest BCUT2D eigenvalue weighted by molar-refractivity contribution is -0.274. The van der Waals surface area contributed by atoms with E-state index >= 15 is 0 Å². The highest BCUT2D eigenvalue weighted by Crippen LogP contribution is 2.23. The Kier molecular flexibility index (Phi) is 7.78. The van der Waals surface area contributed by atoms with E-state index in [1.54, 1.807) is 32.9 Å². The first-order valence-electron chi connectivity index (χ1n) is 8.48. The normalized spacial score (nSPS) is 13.0. The number of hydrogen-bond donors (Lipinski definition) is 0. The molecule has 3 nitrogen and oxygen atoms in total. The second kappa shape index (κ2) is 8.92. The molecule has 0 heterocycles. The van der Waals surface area contributed by atoms with Crippen molar-refractivity contribution in [2.75, 3.05) is 5.75 Å². The molecule has 0 N–H and O–H groups in total. The van der Waals surface area contributed by atoms with Gasteiger partial charge in [-0.05, 0) is 57.7 Å². The van der Waals surface area contributed by atoms with Gasteiger partial charge in [-0.2, -0.15) is 0 Å². The second-order valence-electron chi connectivity index (χ2n) is 7.14. The monoisotopic (exact) mass is 380 g/mol. The minimum Gasteiger partial charge on any atom is -0.406 e. The lowest BCUT2D eigenvalue weighted by atomic mass is 10.1. The predicted molar refractivity (Wildman–Crippen MR) is 93.5 cm³/mol. The van der Waals surface area contributed by atoms with Gasteiger partial charge in [-0.1, -0.05) is 31.4 Å². The third-order valence-electron chi connectivity index (χ3n) is 3.97. The summed E-state index contributed by atoms with van der Waals surface area (Å²) in [7, 11) is -3.04. The van der Waals surface area contributed by atoms with Gasteiger partial charge in [0.1, 0.15) is 5.75 Å². The summed E-state index contributed by atoms with van der Waals surface area (Å²) in [5.74, 6) is 0.00766. The zero-order chi connectivity index (χ0) is 19.1. The Balaban J connectivity index is 2.20. The van der Waals surface area contributed by atoms with Crippen molar-refractivity contribution >= 4 is 9.84 Å². The van der Waals surface area contributed by atoms with Crippen LogP contribution in [0.15, 0.2) is 24.3 Å². The van der Waals surface area contributed by atoms with Crippen molar-refractivity contribution in [1.29, 1.82) is 0 Å². The molecule has 0 saturated heterocycles. The largest absolute Gasteiger partial charge is 0.573 e. The van der Waals surface area contributed by atoms with Crippen molar-refractivity contribution in [2.45, 2.75) is 70.4 Å². The van der Waals surface area contributed by atoms with Crippen LogP contribution in [0.25, 0.3) is 0 Å². The van der Waals surface area contributed by atoms with Crippen molar-refractivity contribution in [3.63, 3.8) is 0 Å². The smallest absolute Gasteiger partial charge is 0.406 e. The van der Waals surface area contributed by atoms with Gasteiger partial charge < -0.3 is 4.74 Å². The molecule has 0 radical (unpaired) electrons. The molecule has 0 aliphatic rings. The highest BCUT2D eigenvalue weighted by molar-refractivity contribution is 7.92. The summed E-state index contributed by atoms with van der Waals surface area (Å²) in [4.78, 5) is 0. The molecule has 0 atom stereocenters. The zero-order valence-electron chi connectivity index (χ0n) is 15.0. The summed E-state index contributed by atoms with van der Waals surface area (Å²) in [6, 6.07) is 5.91. The number of aryl methyl sites for hydroxylation is 1. The number of ether oxygens (including phenoxy) is 1. The number of alkyl halides is 3. The van der Waals surface area contributed by atoms with E-state index in [2.05, 4.69) is 4.74 Å². The molecular weight excluding hydrogens is 353 g/mol. The van der Waals surface area contributed by atoms with Crippen LogP contribution in [0, 0.1) is 0 Å². The topological polar surface area (TPSA) is 43.4 Å². The van der Waals surface area contributed by atoms with E-state index in [1.165, 1.54) is 12.1 Å². The van der Waals surface area contributed by atoms with Crippen molar-refractivity contribution in [2.24, 2.45) is 0 Å². The SMILES string of the molecule is CC(C)(C)S(=O)(=O)CCCCCCCc1ccc(OC(F)(F)F)cc1. The van der Waals surface area contributed by atoms with Crippen molar-refractivity contribution in [3.05, 3.63) is 29.8 Å². The highest BCUT2D eigenvalue weighted by Gasteiger charge is 2.31. The van der Waals surface area contributed by atoms with E-state index in [0.29, 0.717) is 6.42 Å². The summed E-state index contributed by atoms with van der Waals surface area (Å²) in [5.41, 5.74) is 0.963. The Morgan fingerprint density at radius 1 is 0.880 bits per heavy atom. The van der Waals surface area contributed by atoms with E-state index in [0.717, 1.165) is 37.7 Å². The van der Waals surface area contributed by atoms with Gasteiger partial charge in [0, 0.05) is 0 Å². The third-order valence-corrected chi connectivity index (χ3v) is 6.66. The Bertz CT molecular complexity index is 614. The van der Waals surface area contributed by atoms with Gasteiger partial charge in [-0.25, -0.2) is 8.42 Å². The van der Waals surface area contributed by atoms with Gasteiger partial charge in [-0.3, -0.25) is 0 Å². The highest BCUT2D eigenvalue weighted by atomic mass is 32.2. The minimum atomic E-state index is -4.66.